The smallest absolute Gasteiger partial charge is 0.259 e. The van der Waals surface area contributed by atoms with Crippen LogP contribution in [0.4, 0.5) is 5.82 Å². The molecule has 1 atom stereocenters. The van der Waals surface area contributed by atoms with Crippen molar-refractivity contribution in [3.63, 3.8) is 0 Å². The van der Waals surface area contributed by atoms with Crippen LogP contribution in [0.2, 0.25) is 0 Å². The number of nitrogens with one attached hydrogen (secondary N) is 3. The maximum absolute atomic E-state index is 12.6. The SMILES string of the molecule is COc1ccccc1-c1cc(NC(=O)C(C)SCc2nc3sc(C)c(C)c3c(=O)[nH]2)n[nH]1. The van der Waals surface area contributed by atoms with E-state index >= 15 is 0 Å². The van der Waals surface area contributed by atoms with Crippen LogP contribution >= 0.6 is 23.1 Å². The van der Waals surface area contributed by atoms with E-state index in [2.05, 4.69) is 25.5 Å². The van der Waals surface area contributed by atoms with E-state index in [0.717, 1.165) is 26.5 Å². The molecule has 0 aliphatic rings. The van der Waals surface area contributed by atoms with Crippen molar-refractivity contribution >= 4 is 45.0 Å². The molecule has 0 aliphatic heterocycles. The highest BCUT2D eigenvalue weighted by atomic mass is 32.2. The van der Waals surface area contributed by atoms with Crippen molar-refractivity contribution in [1.82, 2.24) is 20.2 Å². The molecule has 32 heavy (non-hydrogen) atoms. The van der Waals surface area contributed by atoms with Crippen molar-refractivity contribution < 1.29 is 9.53 Å². The summed E-state index contributed by atoms with van der Waals surface area (Å²) < 4.78 is 5.38. The molecule has 0 fully saturated rings. The zero-order valence-electron chi connectivity index (χ0n) is 18.1. The average molecular weight is 470 g/mol. The quantitative estimate of drug-likeness (QED) is 0.373. The van der Waals surface area contributed by atoms with Crippen LogP contribution < -0.4 is 15.6 Å². The molecule has 3 heterocycles. The highest BCUT2D eigenvalue weighted by Gasteiger charge is 2.18. The molecule has 0 saturated carbocycles. The molecule has 166 valence electrons. The van der Waals surface area contributed by atoms with E-state index in [1.54, 1.807) is 13.2 Å². The van der Waals surface area contributed by atoms with Crippen molar-refractivity contribution in [2.45, 2.75) is 31.8 Å². The lowest BCUT2D eigenvalue weighted by atomic mass is 10.1. The van der Waals surface area contributed by atoms with Crippen LogP contribution in [0.5, 0.6) is 5.75 Å². The number of hydrogen-bond donors (Lipinski definition) is 3. The number of carbonyl (C=O) groups excluding carboxylic acids is 1. The Labute approximate surface area is 192 Å². The van der Waals surface area contributed by atoms with E-state index in [0.29, 0.717) is 28.5 Å². The minimum absolute atomic E-state index is 0.134. The molecule has 3 aromatic heterocycles. The van der Waals surface area contributed by atoms with Gasteiger partial charge in [-0.1, -0.05) is 12.1 Å². The lowest BCUT2D eigenvalue weighted by Crippen LogP contribution is -2.23. The van der Waals surface area contributed by atoms with Gasteiger partial charge in [-0.2, -0.15) is 5.10 Å². The third-order valence-electron chi connectivity index (χ3n) is 5.15. The van der Waals surface area contributed by atoms with Crippen molar-refractivity contribution in [3.05, 3.63) is 57.0 Å². The summed E-state index contributed by atoms with van der Waals surface area (Å²) in [7, 11) is 1.61. The van der Waals surface area contributed by atoms with Gasteiger partial charge in [0.1, 0.15) is 16.4 Å². The summed E-state index contributed by atoms with van der Waals surface area (Å²) in [6.07, 6.45) is 0. The fourth-order valence-corrected chi connectivity index (χ4v) is 5.07. The lowest BCUT2D eigenvalue weighted by molar-refractivity contribution is -0.115. The van der Waals surface area contributed by atoms with Crippen LogP contribution in [0.25, 0.3) is 21.5 Å². The summed E-state index contributed by atoms with van der Waals surface area (Å²) in [6, 6.07) is 9.34. The Hall–Kier alpha value is -3.11. The van der Waals surface area contributed by atoms with Crippen LogP contribution in [0, 0.1) is 13.8 Å². The van der Waals surface area contributed by atoms with Gasteiger partial charge in [0.2, 0.25) is 5.91 Å². The third kappa shape index (κ3) is 4.42. The number of amides is 1. The van der Waals surface area contributed by atoms with E-state index in [1.165, 1.54) is 23.1 Å². The molecular weight excluding hydrogens is 446 g/mol. The molecule has 0 bridgehead atoms. The zero-order valence-corrected chi connectivity index (χ0v) is 19.7. The second kappa shape index (κ2) is 9.17. The number of aryl methyl sites for hydroxylation is 2. The fraction of sp³-hybridized carbons (Fsp3) is 0.273. The fourth-order valence-electron chi connectivity index (χ4n) is 3.27. The van der Waals surface area contributed by atoms with Crippen molar-refractivity contribution in [1.29, 1.82) is 0 Å². The number of para-hydroxylation sites is 1. The number of nitrogens with zero attached hydrogens (tertiary/aromatic N) is 2. The third-order valence-corrected chi connectivity index (χ3v) is 7.41. The molecule has 1 aromatic carbocycles. The molecule has 0 spiro atoms. The van der Waals surface area contributed by atoms with Gasteiger partial charge in [-0.15, -0.1) is 23.1 Å². The average Bonchev–Trinajstić information content (AvgIpc) is 3.36. The minimum atomic E-state index is -0.366. The van der Waals surface area contributed by atoms with Crippen molar-refractivity contribution in [2.75, 3.05) is 12.4 Å². The highest BCUT2D eigenvalue weighted by Crippen LogP contribution is 2.30. The van der Waals surface area contributed by atoms with Gasteiger partial charge in [0.25, 0.3) is 5.56 Å². The summed E-state index contributed by atoms with van der Waals surface area (Å²) >= 11 is 2.91. The van der Waals surface area contributed by atoms with Gasteiger partial charge >= 0.3 is 0 Å². The number of thiophene rings is 1. The van der Waals surface area contributed by atoms with Crippen LogP contribution in [0.15, 0.2) is 35.1 Å². The normalized spacial score (nSPS) is 12.1. The Kier molecular flexibility index (Phi) is 6.33. The van der Waals surface area contributed by atoms with Crippen LogP contribution in [0.1, 0.15) is 23.2 Å². The number of thioether (sulfide) groups is 1. The largest absolute Gasteiger partial charge is 0.496 e. The van der Waals surface area contributed by atoms with Crippen LogP contribution in [0.3, 0.4) is 0 Å². The Morgan fingerprint density at radius 2 is 2.09 bits per heavy atom. The van der Waals surface area contributed by atoms with Crippen molar-refractivity contribution in [3.8, 4) is 17.0 Å². The summed E-state index contributed by atoms with van der Waals surface area (Å²) in [6.45, 7) is 5.72. The molecule has 4 rings (SSSR count). The summed E-state index contributed by atoms with van der Waals surface area (Å²) in [5.74, 6) is 1.95. The summed E-state index contributed by atoms with van der Waals surface area (Å²) in [5, 5.41) is 10.2. The number of fused-ring (bicyclic) bond motifs is 1. The molecule has 4 aromatic rings. The highest BCUT2D eigenvalue weighted by molar-refractivity contribution is 7.99. The Bertz CT molecular complexity index is 1340. The van der Waals surface area contributed by atoms with Gasteiger partial charge in [-0.3, -0.25) is 14.7 Å². The van der Waals surface area contributed by atoms with Gasteiger partial charge in [0.05, 0.1) is 29.2 Å². The number of ether oxygens (including phenoxy) is 1. The van der Waals surface area contributed by atoms with E-state index in [-0.39, 0.29) is 16.7 Å². The number of anilines is 1. The maximum atomic E-state index is 12.6. The second-order valence-corrected chi connectivity index (χ2v) is 9.82. The Balaban J connectivity index is 1.40. The predicted octanol–water partition coefficient (Wildman–Crippen LogP) is 4.26. The number of benzene rings is 1. The second-order valence-electron chi connectivity index (χ2n) is 7.29. The van der Waals surface area contributed by atoms with Gasteiger partial charge in [-0.25, -0.2) is 4.98 Å². The number of carbonyl (C=O) groups is 1. The lowest BCUT2D eigenvalue weighted by Gasteiger charge is -2.10. The number of aromatic nitrogens is 4. The molecule has 1 amide bonds. The standard InChI is InChI=1S/C22H23N5O3S2/c1-11-12(2)32-22-19(11)21(29)24-18(25-22)10-31-13(3)20(28)23-17-9-15(26-27-17)14-7-5-6-8-16(14)30-4/h5-9,13H,10H2,1-4H3,(H,24,25,29)(H2,23,26,27,28). The van der Waals surface area contributed by atoms with E-state index in [4.69, 9.17) is 4.74 Å². The number of rotatable bonds is 7. The number of methoxy groups -OCH3 is 1. The molecule has 8 nitrogen and oxygen atoms in total. The molecule has 3 N–H and O–H groups in total. The molecule has 0 saturated heterocycles. The minimum Gasteiger partial charge on any atom is -0.496 e. The van der Waals surface area contributed by atoms with Gasteiger partial charge in [0, 0.05) is 16.5 Å². The van der Waals surface area contributed by atoms with Gasteiger partial charge in [0.15, 0.2) is 5.82 Å². The molecule has 0 aliphatic carbocycles. The molecule has 1 unspecified atom stereocenters. The van der Waals surface area contributed by atoms with Gasteiger partial charge in [-0.05, 0) is 38.5 Å². The Morgan fingerprint density at radius 1 is 1.31 bits per heavy atom. The van der Waals surface area contributed by atoms with E-state index in [9.17, 15) is 9.59 Å². The number of H-pyrrole nitrogens is 2. The van der Waals surface area contributed by atoms with Crippen molar-refractivity contribution in [2.24, 2.45) is 0 Å². The first kappa shape index (κ1) is 22.1. The first-order chi connectivity index (χ1) is 15.4. The van der Waals surface area contributed by atoms with Crippen LogP contribution in [-0.2, 0) is 10.5 Å². The summed E-state index contributed by atoms with van der Waals surface area (Å²) in [4.78, 5) is 34.3. The van der Waals surface area contributed by atoms with Gasteiger partial charge < -0.3 is 15.0 Å². The molecule has 0 radical (unpaired) electrons. The Morgan fingerprint density at radius 3 is 2.88 bits per heavy atom. The van der Waals surface area contributed by atoms with E-state index < -0.39 is 0 Å². The number of hydrogen-bond acceptors (Lipinski definition) is 7. The maximum Gasteiger partial charge on any atom is 0.259 e. The van der Waals surface area contributed by atoms with Crippen LogP contribution in [-0.4, -0.2) is 38.4 Å². The first-order valence-corrected chi connectivity index (χ1v) is 11.8. The predicted molar refractivity (Wildman–Crippen MR) is 130 cm³/mol. The zero-order chi connectivity index (χ0) is 22.8. The number of aromatic amines is 2. The summed E-state index contributed by atoms with van der Waals surface area (Å²) in [5.41, 5.74) is 2.44. The molecule has 10 heteroatoms. The first-order valence-electron chi connectivity index (χ1n) is 9.97. The topological polar surface area (TPSA) is 113 Å². The monoisotopic (exact) mass is 469 g/mol. The van der Waals surface area contributed by atoms with E-state index in [1.807, 2.05) is 45.0 Å². The molecular formula is C22H23N5O3S2.